The predicted molar refractivity (Wildman–Crippen MR) is 138 cm³/mol. The van der Waals surface area contributed by atoms with Crippen molar-refractivity contribution in [3.63, 3.8) is 0 Å². The third-order valence-corrected chi connectivity index (χ3v) is 5.80. The fourth-order valence-electron chi connectivity index (χ4n) is 3.91. The second-order valence-corrected chi connectivity index (χ2v) is 8.82. The molecule has 3 aromatic rings. The summed E-state index contributed by atoms with van der Waals surface area (Å²) in [6.07, 6.45) is 2.48. The Kier molecular flexibility index (Phi) is 7.80. The number of benzene rings is 2. The molecule has 2 aromatic carbocycles. The van der Waals surface area contributed by atoms with Gasteiger partial charge in [-0.3, -0.25) is 14.4 Å². The van der Waals surface area contributed by atoms with Crippen molar-refractivity contribution in [2.75, 3.05) is 28.6 Å². The van der Waals surface area contributed by atoms with Gasteiger partial charge in [0.25, 0.3) is 5.91 Å². The van der Waals surface area contributed by atoms with E-state index in [1.807, 2.05) is 12.1 Å². The molecule has 1 aromatic heterocycles. The monoisotopic (exact) mass is 507 g/mol. The Morgan fingerprint density at radius 3 is 2.14 bits per heavy atom. The van der Waals surface area contributed by atoms with E-state index in [4.69, 9.17) is 16.3 Å². The van der Waals surface area contributed by atoms with Gasteiger partial charge >= 0.3 is 5.97 Å². The molecule has 36 heavy (non-hydrogen) atoms. The maximum Gasteiger partial charge on any atom is 0.308 e. The first-order chi connectivity index (χ1) is 17.3. The lowest BCUT2D eigenvalue weighted by Crippen LogP contribution is -2.22. The number of hydrogen-bond acceptors (Lipinski definition) is 7. The molecule has 0 aliphatic carbocycles. The van der Waals surface area contributed by atoms with Crippen LogP contribution in [0, 0.1) is 0 Å². The number of amides is 2. The molecule has 0 radical (unpaired) electrons. The van der Waals surface area contributed by atoms with Crippen LogP contribution in [-0.4, -0.2) is 40.8 Å². The number of carbonyl (C=O) groups is 3. The van der Waals surface area contributed by atoms with Crippen LogP contribution in [0.15, 0.2) is 48.5 Å². The average molecular weight is 508 g/mol. The largest absolute Gasteiger partial charge is 0.419 e. The highest BCUT2D eigenvalue weighted by molar-refractivity contribution is 6.31. The minimum absolute atomic E-state index is 0.102. The number of anilines is 3. The summed E-state index contributed by atoms with van der Waals surface area (Å²) < 4.78 is 5.31. The molecule has 186 valence electrons. The lowest BCUT2D eigenvalue weighted by Gasteiger charge is -2.20. The van der Waals surface area contributed by atoms with Crippen LogP contribution in [-0.2, 0) is 16.0 Å². The molecule has 0 spiro atoms. The zero-order chi connectivity index (χ0) is 25.7. The maximum absolute atomic E-state index is 12.6. The molecule has 1 aliphatic heterocycles. The Labute approximate surface area is 213 Å². The van der Waals surface area contributed by atoms with Crippen LogP contribution < -0.4 is 20.3 Å². The first-order valence-electron chi connectivity index (χ1n) is 11.6. The Hall–Kier alpha value is -3.98. The smallest absolute Gasteiger partial charge is 0.308 e. The van der Waals surface area contributed by atoms with Crippen molar-refractivity contribution < 1.29 is 19.1 Å². The normalized spacial score (nSPS) is 12.8. The minimum atomic E-state index is -0.477. The molecule has 0 unspecified atom stereocenters. The van der Waals surface area contributed by atoms with Gasteiger partial charge in [0, 0.05) is 50.3 Å². The summed E-state index contributed by atoms with van der Waals surface area (Å²) >= 11 is 6.38. The maximum atomic E-state index is 12.6. The average Bonchev–Trinajstić information content (AvgIpc) is 3.36. The van der Waals surface area contributed by atoms with Gasteiger partial charge in [0.2, 0.25) is 11.7 Å². The molecule has 10 heteroatoms. The molecule has 2 N–H and O–H groups in total. The summed E-state index contributed by atoms with van der Waals surface area (Å²) in [5, 5.41) is 5.63. The van der Waals surface area contributed by atoms with E-state index in [1.54, 1.807) is 36.4 Å². The van der Waals surface area contributed by atoms with Crippen LogP contribution >= 0.6 is 11.6 Å². The highest BCUT2D eigenvalue weighted by Crippen LogP contribution is 2.35. The fourth-order valence-corrected chi connectivity index (χ4v) is 4.13. The van der Waals surface area contributed by atoms with E-state index >= 15 is 0 Å². The van der Waals surface area contributed by atoms with Crippen molar-refractivity contribution in [1.29, 1.82) is 0 Å². The molecule has 1 saturated heterocycles. The van der Waals surface area contributed by atoms with Crippen molar-refractivity contribution >= 4 is 46.6 Å². The van der Waals surface area contributed by atoms with Crippen molar-refractivity contribution in [2.45, 2.75) is 33.1 Å². The second-order valence-electron chi connectivity index (χ2n) is 8.46. The number of esters is 1. The zero-order valence-corrected chi connectivity index (χ0v) is 20.8. The molecular weight excluding hydrogens is 482 g/mol. The molecule has 0 atom stereocenters. The van der Waals surface area contributed by atoms with Gasteiger partial charge in [-0.05, 0) is 54.8 Å². The first kappa shape index (κ1) is 25.1. The predicted octanol–water partition coefficient (Wildman–Crippen LogP) is 4.46. The zero-order valence-electron chi connectivity index (χ0n) is 20.0. The molecule has 9 nitrogen and oxygen atoms in total. The van der Waals surface area contributed by atoms with E-state index in [0.717, 1.165) is 31.5 Å². The number of nitrogens with zero attached hydrogens (tertiary/aromatic N) is 3. The third-order valence-electron chi connectivity index (χ3n) is 5.55. The molecule has 1 aliphatic rings. The topological polar surface area (TPSA) is 114 Å². The Bertz CT molecular complexity index is 1270. The van der Waals surface area contributed by atoms with Crippen LogP contribution in [0.5, 0.6) is 5.75 Å². The summed E-state index contributed by atoms with van der Waals surface area (Å²) in [4.78, 5) is 46.3. The van der Waals surface area contributed by atoms with E-state index < -0.39 is 5.97 Å². The summed E-state index contributed by atoms with van der Waals surface area (Å²) in [5.41, 5.74) is 2.66. The standard InChI is InChI=1S/C26H26ClN5O4/c1-16(33)28-20-11-7-19(8-12-20)26(35)29-21-9-5-18(6-10-21)15-22-30-24(27)23(36-17(2)34)25(31-22)32-13-3-4-14-32/h5-12H,3-4,13-15H2,1-2H3,(H,28,33)(H,29,35). The van der Waals surface area contributed by atoms with Crippen LogP contribution in [0.1, 0.15) is 48.4 Å². The van der Waals surface area contributed by atoms with E-state index in [0.29, 0.717) is 35.0 Å². The molecule has 4 rings (SSSR count). The molecule has 2 amide bonds. The minimum Gasteiger partial charge on any atom is -0.419 e. The second kappa shape index (κ2) is 11.2. The summed E-state index contributed by atoms with van der Waals surface area (Å²) in [5.74, 6) is 0.323. The number of carbonyl (C=O) groups excluding carboxylic acids is 3. The first-order valence-corrected chi connectivity index (χ1v) is 11.9. The molecule has 0 saturated carbocycles. The van der Waals surface area contributed by atoms with Gasteiger partial charge in [-0.2, -0.15) is 0 Å². The summed E-state index contributed by atoms with van der Waals surface area (Å²) in [6, 6.07) is 14.0. The molecule has 0 bridgehead atoms. The highest BCUT2D eigenvalue weighted by Gasteiger charge is 2.24. The SMILES string of the molecule is CC(=O)Nc1ccc(C(=O)Nc2ccc(Cc3nc(Cl)c(OC(C)=O)c(N4CCCC4)n3)cc2)cc1. The Morgan fingerprint density at radius 1 is 0.917 bits per heavy atom. The van der Waals surface area contributed by atoms with Gasteiger partial charge in [0.05, 0.1) is 0 Å². The van der Waals surface area contributed by atoms with Crippen LogP contribution in [0.25, 0.3) is 0 Å². The summed E-state index contributed by atoms with van der Waals surface area (Å²) in [7, 11) is 0. The van der Waals surface area contributed by atoms with Crippen LogP contribution in [0.4, 0.5) is 17.2 Å². The number of hydrogen-bond donors (Lipinski definition) is 2. The van der Waals surface area contributed by atoms with E-state index in [2.05, 4.69) is 25.5 Å². The van der Waals surface area contributed by atoms with Gasteiger partial charge in [0.15, 0.2) is 11.0 Å². The number of aromatic nitrogens is 2. The molecular formula is C26H26ClN5O4. The molecule has 2 heterocycles. The van der Waals surface area contributed by atoms with Gasteiger partial charge in [-0.15, -0.1) is 0 Å². The Balaban J connectivity index is 1.45. The third kappa shape index (κ3) is 6.37. The van der Waals surface area contributed by atoms with E-state index in [1.165, 1.54) is 13.8 Å². The number of ether oxygens (including phenoxy) is 1. The van der Waals surface area contributed by atoms with Crippen molar-refractivity contribution in [3.05, 3.63) is 70.6 Å². The van der Waals surface area contributed by atoms with E-state index in [9.17, 15) is 14.4 Å². The van der Waals surface area contributed by atoms with Crippen molar-refractivity contribution in [2.24, 2.45) is 0 Å². The van der Waals surface area contributed by atoms with Crippen LogP contribution in [0.2, 0.25) is 5.15 Å². The number of rotatable bonds is 7. The van der Waals surface area contributed by atoms with E-state index in [-0.39, 0.29) is 22.7 Å². The fraction of sp³-hybridized carbons (Fsp3) is 0.269. The lowest BCUT2D eigenvalue weighted by molar-refractivity contribution is -0.131. The van der Waals surface area contributed by atoms with Gasteiger partial charge in [-0.25, -0.2) is 9.97 Å². The van der Waals surface area contributed by atoms with Crippen LogP contribution in [0.3, 0.4) is 0 Å². The summed E-state index contributed by atoms with van der Waals surface area (Å²) in [6.45, 7) is 4.37. The van der Waals surface area contributed by atoms with Crippen molar-refractivity contribution in [1.82, 2.24) is 9.97 Å². The number of nitrogens with one attached hydrogen (secondary N) is 2. The van der Waals surface area contributed by atoms with Gasteiger partial charge in [-0.1, -0.05) is 23.7 Å². The van der Waals surface area contributed by atoms with Gasteiger partial charge in [0.1, 0.15) is 5.82 Å². The van der Waals surface area contributed by atoms with Crippen molar-refractivity contribution in [3.8, 4) is 5.75 Å². The Morgan fingerprint density at radius 2 is 1.53 bits per heavy atom. The quantitative estimate of drug-likeness (QED) is 0.358. The highest BCUT2D eigenvalue weighted by atomic mass is 35.5. The number of halogens is 1. The lowest BCUT2D eigenvalue weighted by atomic mass is 10.1. The molecule has 1 fully saturated rings. The van der Waals surface area contributed by atoms with Gasteiger partial charge < -0.3 is 20.3 Å².